The Morgan fingerprint density at radius 2 is 1.48 bits per heavy atom. The molecule has 21 heavy (non-hydrogen) atoms. The maximum absolute atomic E-state index is 11.4. The minimum absolute atomic E-state index is 0.0112. The van der Waals surface area contributed by atoms with Crippen LogP contribution in [0.4, 0.5) is 5.69 Å². The molecular formula is C15H10N2O4. The molecule has 0 aromatic heterocycles. The van der Waals surface area contributed by atoms with Gasteiger partial charge in [0.25, 0.3) is 0 Å². The number of rotatable bonds is 1. The molecule has 0 aliphatic rings. The molecule has 0 bridgehead atoms. The molecule has 0 atom stereocenters. The van der Waals surface area contributed by atoms with Gasteiger partial charge < -0.3 is 15.9 Å². The summed E-state index contributed by atoms with van der Waals surface area (Å²) in [4.78, 5) is 21.8. The first kappa shape index (κ1) is 12.9. The van der Waals surface area contributed by atoms with E-state index in [0.29, 0.717) is 16.2 Å². The van der Waals surface area contributed by atoms with Crippen molar-refractivity contribution in [3.05, 3.63) is 46.9 Å². The van der Waals surface area contributed by atoms with Crippen molar-refractivity contribution in [2.45, 2.75) is 0 Å². The van der Waals surface area contributed by atoms with E-state index in [-0.39, 0.29) is 28.1 Å². The van der Waals surface area contributed by atoms with Crippen LogP contribution in [0, 0.1) is 4.91 Å². The van der Waals surface area contributed by atoms with Gasteiger partial charge in [0, 0.05) is 32.4 Å². The number of amides is 1. The van der Waals surface area contributed by atoms with Crippen LogP contribution in [-0.4, -0.2) is 16.1 Å². The second-order valence-electron chi connectivity index (χ2n) is 4.62. The van der Waals surface area contributed by atoms with Crippen LogP contribution in [0.2, 0.25) is 0 Å². The molecule has 0 unspecified atom stereocenters. The van der Waals surface area contributed by atoms with E-state index in [1.165, 1.54) is 12.1 Å². The molecule has 6 heteroatoms. The van der Waals surface area contributed by atoms with Gasteiger partial charge in [0.1, 0.15) is 11.5 Å². The fourth-order valence-corrected chi connectivity index (χ4v) is 2.43. The van der Waals surface area contributed by atoms with E-state index in [9.17, 15) is 19.9 Å². The molecule has 104 valence electrons. The summed E-state index contributed by atoms with van der Waals surface area (Å²) >= 11 is 0. The van der Waals surface area contributed by atoms with Crippen LogP contribution in [0.15, 0.2) is 41.6 Å². The van der Waals surface area contributed by atoms with Crippen molar-refractivity contribution < 1.29 is 15.0 Å². The number of fused-ring (bicyclic) bond motifs is 2. The van der Waals surface area contributed by atoms with Gasteiger partial charge in [-0.25, -0.2) is 0 Å². The molecule has 1 amide bonds. The first-order valence-corrected chi connectivity index (χ1v) is 6.08. The molecule has 0 saturated carbocycles. The number of phenolic OH excluding ortho intramolecular Hbond substituents is 2. The summed E-state index contributed by atoms with van der Waals surface area (Å²) in [5, 5.41) is 24.4. The molecular weight excluding hydrogens is 272 g/mol. The van der Waals surface area contributed by atoms with E-state index >= 15 is 0 Å². The van der Waals surface area contributed by atoms with Crippen molar-refractivity contribution in [1.29, 1.82) is 0 Å². The van der Waals surface area contributed by atoms with Crippen LogP contribution in [0.5, 0.6) is 11.5 Å². The van der Waals surface area contributed by atoms with Crippen LogP contribution in [0.25, 0.3) is 21.5 Å². The van der Waals surface area contributed by atoms with E-state index in [4.69, 9.17) is 5.73 Å². The second-order valence-corrected chi connectivity index (χ2v) is 4.62. The summed E-state index contributed by atoms with van der Waals surface area (Å²) in [5.74, 6) is -1.18. The van der Waals surface area contributed by atoms with Crippen molar-refractivity contribution >= 4 is 33.1 Å². The Bertz CT molecular complexity index is 919. The third-order valence-corrected chi connectivity index (χ3v) is 3.45. The first-order valence-electron chi connectivity index (χ1n) is 6.08. The van der Waals surface area contributed by atoms with Crippen molar-refractivity contribution in [2.24, 2.45) is 5.18 Å². The fourth-order valence-electron chi connectivity index (χ4n) is 2.43. The lowest BCUT2D eigenvalue weighted by atomic mass is 9.98. The number of anilines is 1. The minimum atomic E-state index is -1.03. The highest BCUT2D eigenvalue weighted by atomic mass is 16.3. The predicted octanol–water partition coefficient (Wildman–Crippen LogP) is 2.89. The zero-order valence-corrected chi connectivity index (χ0v) is 10.7. The fraction of sp³-hybridized carbons (Fsp3) is 0. The number of aromatic hydroxyl groups is 2. The molecule has 0 fully saturated rings. The zero-order valence-electron chi connectivity index (χ0n) is 10.7. The normalized spacial score (nSPS) is 10.9. The first-order chi connectivity index (χ1) is 10.0. The molecule has 3 aromatic carbocycles. The Hall–Kier alpha value is -3.15. The lowest BCUT2D eigenvalue weighted by Gasteiger charge is -2.11. The largest absolute Gasteiger partial charge is 0.507 e. The smallest absolute Gasteiger partial charge is 0.318 e. The summed E-state index contributed by atoms with van der Waals surface area (Å²) in [7, 11) is 0. The number of benzene rings is 3. The summed E-state index contributed by atoms with van der Waals surface area (Å²) in [6.07, 6.45) is 0. The topological polar surface area (TPSA) is 113 Å². The number of nitrogen functional groups attached to an aromatic ring is 1. The van der Waals surface area contributed by atoms with E-state index < -0.39 is 5.91 Å². The second kappa shape index (κ2) is 4.45. The van der Waals surface area contributed by atoms with Gasteiger partial charge in [0.15, 0.2) is 0 Å². The third kappa shape index (κ3) is 1.77. The Balaban J connectivity index is 2.51. The van der Waals surface area contributed by atoms with Crippen molar-refractivity contribution in [3.63, 3.8) is 0 Å². The van der Waals surface area contributed by atoms with Gasteiger partial charge in [-0.3, -0.25) is 4.79 Å². The minimum Gasteiger partial charge on any atom is -0.507 e. The number of carbonyl (C=O) groups excluding carboxylic acids is 1. The highest BCUT2D eigenvalue weighted by Crippen LogP contribution is 2.42. The maximum Gasteiger partial charge on any atom is 0.318 e. The molecule has 0 aliphatic carbocycles. The molecule has 4 N–H and O–H groups in total. The monoisotopic (exact) mass is 282 g/mol. The average molecular weight is 282 g/mol. The van der Waals surface area contributed by atoms with Gasteiger partial charge in [0.05, 0.1) is 5.56 Å². The Morgan fingerprint density at radius 1 is 0.952 bits per heavy atom. The van der Waals surface area contributed by atoms with Crippen LogP contribution >= 0.6 is 0 Å². The van der Waals surface area contributed by atoms with Crippen LogP contribution in [0.1, 0.15) is 10.4 Å². The van der Waals surface area contributed by atoms with E-state index in [1.54, 1.807) is 24.3 Å². The highest BCUT2D eigenvalue weighted by Gasteiger charge is 2.17. The van der Waals surface area contributed by atoms with Gasteiger partial charge in [0.2, 0.25) is 0 Å². The lowest BCUT2D eigenvalue weighted by Crippen LogP contribution is -2.00. The number of carbonyl (C=O) groups is 1. The lowest BCUT2D eigenvalue weighted by molar-refractivity contribution is 0.100. The number of nitrogens with two attached hydrogens (primary N) is 1. The number of hydrogen-bond donors (Lipinski definition) is 3. The Kier molecular flexibility index (Phi) is 2.72. The van der Waals surface area contributed by atoms with E-state index in [1.807, 2.05) is 0 Å². The summed E-state index contributed by atoms with van der Waals surface area (Å²) < 4.78 is 0. The predicted molar refractivity (Wildman–Crippen MR) is 79.3 cm³/mol. The zero-order chi connectivity index (χ0) is 15.1. The van der Waals surface area contributed by atoms with Gasteiger partial charge in [-0.15, -0.1) is 4.91 Å². The molecule has 3 aromatic rings. The molecule has 0 spiro atoms. The van der Waals surface area contributed by atoms with Gasteiger partial charge in [-0.05, 0) is 12.1 Å². The quantitative estimate of drug-likeness (QED) is 0.275. The van der Waals surface area contributed by atoms with Crippen molar-refractivity contribution in [1.82, 2.24) is 0 Å². The van der Waals surface area contributed by atoms with Gasteiger partial charge in [-0.1, -0.05) is 24.3 Å². The van der Waals surface area contributed by atoms with Crippen LogP contribution in [-0.2, 0) is 0 Å². The SMILES string of the molecule is Nc1cc2c(O)c3ccccc3c(O)c2cc1C(=O)N=O. The summed E-state index contributed by atoms with van der Waals surface area (Å²) in [6, 6.07) is 9.34. The van der Waals surface area contributed by atoms with Gasteiger partial charge in [-0.2, -0.15) is 0 Å². The summed E-state index contributed by atoms with van der Waals surface area (Å²) in [5.41, 5.74) is 5.62. The molecule has 0 radical (unpaired) electrons. The number of nitrogens with zero attached hydrogens (tertiary/aromatic N) is 1. The van der Waals surface area contributed by atoms with Crippen LogP contribution < -0.4 is 5.73 Å². The highest BCUT2D eigenvalue weighted by molar-refractivity contribution is 6.14. The van der Waals surface area contributed by atoms with Crippen LogP contribution in [0.3, 0.4) is 0 Å². The number of hydrogen-bond acceptors (Lipinski definition) is 5. The number of nitroso groups, excluding NO2 is 1. The number of phenols is 2. The maximum atomic E-state index is 11.4. The molecule has 3 rings (SSSR count). The van der Waals surface area contributed by atoms with Gasteiger partial charge >= 0.3 is 5.91 Å². The Labute approximate surface area is 118 Å². The third-order valence-electron chi connectivity index (χ3n) is 3.45. The average Bonchev–Trinajstić information content (AvgIpc) is 2.51. The standard InChI is InChI=1S/C15H10N2O4/c16-12-6-10-9(5-11(12)15(20)17-21)13(18)7-3-1-2-4-8(7)14(10)19/h1-6,18-19H,16H2. The van der Waals surface area contributed by atoms with E-state index in [0.717, 1.165) is 0 Å². The molecule has 0 saturated heterocycles. The van der Waals surface area contributed by atoms with E-state index in [2.05, 4.69) is 5.18 Å². The van der Waals surface area contributed by atoms with Crippen molar-refractivity contribution in [2.75, 3.05) is 5.73 Å². The van der Waals surface area contributed by atoms with Crippen molar-refractivity contribution in [3.8, 4) is 11.5 Å². The molecule has 0 aliphatic heterocycles. The summed E-state index contributed by atoms with van der Waals surface area (Å²) in [6.45, 7) is 0. The Morgan fingerprint density at radius 3 is 2.00 bits per heavy atom. The molecule has 6 nitrogen and oxygen atoms in total. The molecule has 0 heterocycles.